The van der Waals surface area contributed by atoms with Crippen molar-refractivity contribution in [2.75, 3.05) is 0 Å². The summed E-state index contributed by atoms with van der Waals surface area (Å²) in [4.78, 5) is 17.0. The first kappa shape index (κ1) is 15.7. The molecule has 0 N–H and O–H groups in total. The van der Waals surface area contributed by atoms with Crippen molar-refractivity contribution in [1.29, 1.82) is 0 Å². The highest BCUT2D eigenvalue weighted by Gasteiger charge is 2.32. The van der Waals surface area contributed by atoms with Crippen molar-refractivity contribution in [2.45, 2.75) is 44.6 Å². The van der Waals surface area contributed by atoms with Gasteiger partial charge in [0.15, 0.2) is 0 Å². The lowest BCUT2D eigenvalue weighted by Crippen LogP contribution is -2.25. The molecule has 1 atom stereocenters. The number of carbonyl (C=O) groups is 1. The molecular formula is C20H23NO2. The van der Waals surface area contributed by atoms with Gasteiger partial charge in [-0.3, -0.25) is 9.78 Å². The molecule has 0 spiro atoms. The first-order valence-corrected chi connectivity index (χ1v) is 8.46. The molecule has 0 radical (unpaired) electrons. The van der Waals surface area contributed by atoms with Gasteiger partial charge in [-0.1, -0.05) is 55.7 Å². The van der Waals surface area contributed by atoms with Gasteiger partial charge < -0.3 is 4.74 Å². The van der Waals surface area contributed by atoms with Crippen LogP contribution in [0.2, 0.25) is 0 Å². The lowest BCUT2D eigenvalue weighted by molar-refractivity contribution is -0.148. The van der Waals surface area contributed by atoms with Crippen molar-refractivity contribution in [3.8, 4) is 0 Å². The molecule has 1 saturated carbocycles. The van der Waals surface area contributed by atoms with Crippen LogP contribution in [0.25, 0.3) is 0 Å². The van der Waals surface area contributed by atoms with Gasteiger partial charge in [-0.05, 0) is 36.5 Å². The van der Waals surface area contributed by atoms with Gasteiger partial charge in [0.1, 0.15) is 6.61 Å². The Kier molecular flexibility index (Phi) is 5.41. The predicted octanol–water partition coefficient (Wildman–Crippen LogP) is 4.49. The number of nitrogens with zero attached hydrogens (tertiary/aromatic N) is 1. The molecule has 23 heavy (non-hydrogen) atoms. The van der Waals surface area contributed by atoms with Gasteiger partial charge in [0.05, 0.1) is 11.6 Å². The molecule has 0 aliphatic heterocycles. The number of aromatic nitrogens is 1. The third-order valence-electron chi connectivity index (χ3n) is 4.62. The van der Waals surface area contributed by atoms with Crippen LogP contribution in [0, 0.1) is 5.92 Å². The summed E-state index contributed by atoms with van der Waals surface area (Å²) in [6, 6.07) is 15.7. The molecule has 3 heteroatoms. The van der Waals surface area contributed by atoms with Crippen molar-refractivity contribution >= 4 is 5.97 Å². The van der Waals surface area contributed by atoms with E-state index in [-0.39, 0.29) is 18.5 Å². The second kappa shape index (κ2) is 7.91. The number of ether oxygens (including phenoxy) is 1. The molecule has 0 saturated heterocycles. The van der Waals surface area contributed by atoms with E-state index in [0.717, 1.165) is 24.1 Å². The van der Waals surface area contributed by atoms with Gasteiger partial charge in [0, 0.05) is 6.20 Å². The summed E-state index contributed by atoms with van der Waals surface area (Å²) in [6.07, 6.45) is 7.64. The maximum absolute atomic E-state index is 12.8. The monoisotopic (exact) mass is 309 g/mol. The molecule has 0 bridgehead atoms. The highest BCUT2D eigenvalue weighted by Crippen LogP contribution is 2.37. The average molecular weight is 309 g/mol. The van der Waals surface area contributed by atoms with Crippen molar-refractivity contribution in [1.82, 2.24) is 4.98 Å². The van der Waals surface area contributed by atoms with Gasteiger partial charge in [0.25, 0.3) is 0 Å². The van der Waals surface area contributed by atoms with E-state index < -0.39 is 0 Å². The number of hydrogen-bond donors (Lipinski definition) is 0. The fraction of sp³-hybridized carbons (Fsp3) is 0.400. The molecular weight excluding hydrogens is 286 g/mol. The number of rotatable bonds is 5. The van der Waals surface area contributed by atoms with Gasteiger partial charge >= 0.3 is 5.97 Å². The van der Waals surface area contributed by atoms with Crippen LogP contribution in [-0.2, 0) is 16.1 Å². The van der Waals surface area contributed by atoms with Crippen molar-refractivity contribution < 1.29 is 9.53 Å². The number of carbonyl (C=O) groups excluding carboxylic acids is 1. The van der Waals surface area contributed by atoms with E-state index in [1.807, 2.05) is 48.5 Å². The van der Waals surface area contributed by atoms with E-state index in [1.165, 1.54) is 19.3 Å². The quantitative estimate of drug-likeness (QED) is 0.764. The summed E-state index contributed by atoms with van der Waals surface area (Å²) in [5.74, 6) is 0.122. The molecule has 0 amide bonds. The third-order valence-corrected chi connectivity index (χ3v) is 4.62. The number of benzene rings is 1. The van der Waals surface area contributed by atoms with E-state index in [4.69, 9.17) is 4.74 Å². The molecule has 120 valence electrons. The summed E-state index contributed by atoms with van der Waals surface area (Å²) in [7, 11) is 0. The fourth-order valence-electron chi connectivity index (χ4n) is 3.45. The summed E-state index contributed by atoms with van der Waals surface area (Å²) < 4.78 is 5.60. The Morgan fingerprint density at radius 3 is 2.48 bits per heavy atom. The second-order valence-corrected chi connectivity index (χ2v) is 6.22. The van der Waals surface area contributed by atoms with Gasteiger partial charge in [0.2, 0.25) is 0 Å². The van der Waals surface area contributed by atoms with E-state index in [9.17, 15) is 4.79 Å². The summed E-state index contributed by atoms with van der Waals surface area (Å²) in [5.41, 5.74) is 1.86. The summed E-state index contributed by atoms with van der Waals surface area (Å²) in [5, 5.41) is 0. The van der Waals surface area contributed by atoms with Crippen molar-refractivity contribution in [3.05, 3.63) is 66.0 Å². The first-order chi connectivity index (χ1) is 11.3. The minimum absolute atomic E-state index is 0.117. The van der Waals surface area contributed by atoms with Crippen LogP contribution in [0.3, 0.4) is 0 Å². The summed E-state index contributed by atoms with van der Waals surface area (Å²) >= 11 is 0. The Morgan fingerprint density at radius 2 is 1.78 bits per heavy atom. The average Bonchev–Trinajstić information content (AvgIpc) is 2.63. The van der Waals surface area contributed by atoms with Crippen LogP contribution in [0.15, 0.2) is 54.7 Å². The normalized spacial score (nSPS) is 16.7. The smallest absolute Gasteiger partial charge is 0.314 e. The van der Waals surface area contributed by atoms with Crippen LogP contribution in [-0.4, -0.2) is 11.0 Å². The van der Waals surface area contributed by atoms with Gasteiger partial charge in [-0.25, -0.2) is 0 Å². The fourth-order valence-corrected chi connectivity index (χ4v) is 3.45. The Balaban J connectivity index is 1.73. The Morgan fingerprint density at radius 1 is 1.04 bits per heavy atom. The van der Waals surface area contributed by atoms with E-state index >= 15 is 0 Å². The highest BCUT2D eigenvalue weighted by atomic mass is 16.5. The molecule has 1 fully saturated rings. The Labute approximate surface area is 137 Å². The molecule has 3 nitrogen and oxygen atoms in total. The molecule has 1 aromatic carbocycles. The Bertz CT molecular complexity index is 606. The predicted molar refractivity (Wildman–Crippen MR) is 89.8 cm³/mol. The van der Waals surface area contributed by atoms with Crippen molar-refractivity contribution in [3.63, 3.8) is 0 Å². The zero-order valence-corrected chi connectivity index (χ0v) is 13.4. The minimum atomic E-state index is -0.153. The van der Waals surface area contributed by atoms with Crippen LogP contribution in [0.4, 0.5) is 0 Å². The largest absolute Gasteiger partial charge is 0.459 e. The van der Waals surface area contributed by atoms with Gasteiger partial charge in [-0.15, -0.1) is 0 Å². The maximum Gasteiger partial charge on any atom is 0.314 e. The molecule has 1 aromatic heterocycles. The maximum atomic E-state index is 12.8. The highest BCUT2D eigenvalue weighted by molar-refractivity contribution is 5.78. The zero-order chi connectivity index (χ0) is 15.9. The number of esters is 1. The zero-order valence-electron chi connectivity index (χ0n) is 13.4. The molecule has 1 heterocycles. The molecule has 2 aromatic rings. The third kappa shape index (κ3) is 4.19. The molecule has 3 rings (SSSR count). The second-order valence-electron chi connectivity index (χ2n) is 6.22. The topological polar surface area (TPSA) is 39.2 Å². The standard InChI is InChI=1S/C20H23NO2/c22-20(23-15-18-13-7-8-14-21-18)19(16-9-3-1-4-10-16)17-11-5-2-6-12-17/h1,3-4,7-10,13-14,17,19H,2,5-6,11-12,15H2. The molecule has 1 aliphatic rings. The van der Waals surface area contributed by atoms with E-state index in [2.05, 4.69) is 4.98 Å². The lowest BCUT2D eigenvalue weighted by atomic mass is 9.77. The molecule has 1 aliphatic carbocycles. The van der Waals surface area contributed by atoms with Crippen LogP contribution >= 0.6 is 0 Å². The number of hydrogen-bond acceptors (Lipinski definition) is 3. The first-order valence-electron chi connectivity index (χ1n) is 8.46. The van der Waals surface area contributed by atoms with Crippen molar-refractivity contribution in [2.24, 2.45) is 5.92 Å². The van der Waals surface area contributed by atoms with Gasteiger partial charge in [-0.2, -0.15) is 0 Å². The lowest BCUT2D eigenvalue weighted by Gasteiger charge is -2.29. The molecule has 1 unspecified atom stereocenters. The summed E-state index contributed by atoms with van der Waals surface area (Å²) in [6.45, 7) is 0.246. The Hall–Kier alpha value is -2.16. The van der Waals surface area contributed by atoms with E-state index in [0.29, 0.717) is 5.92 Å². The van der Waals surface area contributed by atoms with Crippen LogP contribution in [0.5, 0.6) is 0 Å². The van der Waals surface area contributed by atoms with Crippen LogP contribution in [0.1, 0.15) is 49.3 Å². The number of pyridine rings is 1. The van der Waals surface area contributed by atoms with E-state index in [1.54, 1.807) is 6.20 Å². The van der Waals surface area contributed by atoms with Crippen LogP contribution < -0.4 is 0 Å². The minimum Gasteiger partial charge on any atom is -0.459 e. The SMILES string of the molecule is O=C(OCc1ccccn1)C(c1ccccc1)C1CCCCC1.